The standard InChI is InChI=1S/C13H14ClNO3S/c1-18-8-3-4-10-9(7-8)11(14)12(19-10)13(17)15-5-2-6-16/h3-4,7,16H,2,5-6H2,1H3,(H,15,17). The zero-order chi connectivity index (χ0) is 13.8. The van der Waals surface area contributed by atoms with Crippen molar-refractivity contribution in [2.75, 3.05) is 20.3 Å². The number of hydrogen-bond donors (Lipinski definition) is 2. The van der Waals surface area contributed by atoms with Crippen molar-refractivity contribution in [1.29, 1.82) is 0 Å². The number of thiophene rings is 1. The van der Waals surface area contributed by atoms with Crippen LogP contribution in [0.25, 0.3) is 10.1 Å². The second kappa shape index (κ2) is 6.23. The summed E-state index contributed by atoms with van der Waals surface area (Å²) in [5, 5.41) is 12.7. The Hall–Kier alpha value is -1.30. The van der Waals surface area contributed by atoms with Crippen molar-refractivity contribution >= 4 is 38.9 Å². The number of rotatable bonds is 5. The molecule has 4 nitrogen and oxygen atoms in total. The van der Waals surface area contributed by atoms with Crippen LogP contribution in [0.5, 0.6) is 5.75 Å². The molecule has 0 saturated heterocycles. The number of methoxy groups -OCH3 is 1. The molecule has 2 N–H and O–H groups in total. The molecule has 2 aromatic rings. The van der Waals surface area contributed by atoms with Gasteiger partial charge in [0.15, 0.2) is 0 Å². The van der Waals surface area contributed by atoms with Crippen LogP contribution in [0.1, 0.15) is 16.1 Å². The van der Waals surface area contributed by atoms with Gasteiger partial charge >= 0.3 is 0 Å². The molecule has 0 saturated carbocycles. The quantitative estimate of drug-likeness (QED) is 0.835. The number of aliphatic hydroxyl groups excluding tert-OH is 1. The van der Waals surface area contributed by atoms with E-state index in [1.807, 2.05) is 18.2 Å². The average Bonchev–Trinajstić information content (AvgIpc) is 2.76. The summed E-state index contributed by atoms with van der Waals surface area (Å²) in [6.45, 7) is 0.487. The van der Waals surface area contributed by atoms with Gasteiger partial charge in [0.1, 0.15) is 10.6 Å². The summed E-state index contributed by atoms with van der Waals surface area (Å²) in [7, 11) is 1.59. The number of amides is 1. The highest BCUT2D eigenvalue weighted by molar-refractivity contribution is 7.21. The number of carbonyl (C=O) groups excluding carboxylic acids is 1. The maximum Gasteiger partial charge on any atom is 0.262 e. The molecule has 0 aliphatic rings. The molecule has 0 fully saturated rings. The first kappa shape index (κ1) is 14.1. The van der Waals surface area contributed by atoms with E-state index in [1.165, 1.54) is 11.3 Å². The third-order valence-electron chi connectivity index (χ3n) is 2.66. The Morgan fingerprint density at radius 2 is 2.32 bits per heavy atom. The van der Waals surface area contributed by atoms with Gasteiger partial charge in [-0.3, -0.25) is 4.79 Å². The van der Waals surface area contributed by atoms with E-state index in [2.05, 4.69) is 5.32 Å². The largest absolute Gasteiger partial charge is 0.497 e. The van der Waals surface area contributed by atoms with Crippen LogP contribution in [0.15, 0.2) is 18.2 Å². The van der Waals surface area contributed by atoms with E-state index in [-0.39, 0.29) is 12.5 Å². The summed E-state index contributed by atoms with van der Waals surface area (Å²) >= 11 is 7.59. The lowest BCUT2D eigenvalue weighted by Gasteiger charge is -2.01. The average molecular weight is 300 g/mol. The number of ether oxygens (including phenoxy) is 1. The van der Waals surface area contributed by atoms with Gasteiger partial charge < -0.3 is 15.2 Å². The van der Waals surface area contributed by atoms with Crippen molar-refractivity contribution < 1.29 is 14.6 Å². The first-order valence-corrected chi connectivity index (χ1v) is 7.02. The van der Waals surface area contributed by atoms with Gasteiger partial charge in [0, 0.05) is 23.2 Å². The Bertz CT molecular complexity index is 597. The van der Waals surface area contributed by atoms with Crippen LogP contribution in [0, 0.1) is 0 Å². The first-order chi connectivity index (χ1) is 9.17. The number of halogens is 1. The summed E-state index contributed by atoms with van der Waals surface area (Å²) in [5.41, 5.74) is 0. The molecule has 1 aromatic carbocycles. The SMILES string of the molecule is COc1ccc2sc(C(=O)NCCCO)c(Cl)c2c1. The highest BCUT2D eigenvalue weighted by atomic mass is 35.5. The van der Waals surface area contributed by atoms with Crippen LogP contribution in [0.2, 0.25) is 5.02 Å². The lowest BCUT2D eigenvalue weighted by atomic mass is 10.2. The summed E-state index contributed by atoms with van der Waals surface area (Å²) in [4.78, 5) is 12.5. The number of fused-ring (bicyclic) bond motifs is 1. The first-order valence-electron chi connectivity index (χ1n) is 5.82. The zero-order valence-corrected chi connectivity index (χ0v) is 12.0. The molecule has 19 heavy (non-hydrogen) atoms. The van der Waals surface area contributed by atoms with Crippen molar-refractivity contribution in [2.45, 2.75) is 6.42 Å². The normalized spacial score (nSPS) is 10.7. The third-order valence-corrected chi connectivity index (χ3v) is 4.34. The van der Waals surface area contributed by atoms with Gasteiger partial charge in [0.2, 0.25) is 0 Å². The minimum Gasteiger partial charge on any atom is -0.497 e. The predicted molar refractivity (Wildman–Crippen MR) is 77.4 cm³/mol. The highest BCUT2D eigenvalue weighted by Crippen LogP contribution is 2.37. The number of carbonyl (C=O) groups is 1. The van der Waals surface area contributed by atoms with Crippen LogP contribution in [0.3, 0.4) is 0 Å². The molecule has 1 heterocycles. The fourth-order valence-corrected chi connectivity index (χ4v) is 3.09. The molecular weight excluding hydrogens is 286 g/mol. The van der Waals surface area contributed by atoms with Crippen molar-refractivity contribution in [3.8, 4) is 5.75 Å². The van der Waals surface area contributed by atoms with Gasteiger partial charge in [-0.1, -0.05) is 11.6 Å². The van der Waals surface area contributed by atoms with E-state index in [0.29, 0.717) is 28.6 Å². The Kier molecular flexibility index (Phi) is 4.63. The molecule has 0 spiro atoms. The molecular formula is C13H14ClNO3S. The van der Waals surface area contributed by atoms with Gasteiger partial charge in [0.05, 0.1) is 12.1 Å². The van der Waals surface area contributed by atoms with E-state index in [9.17, 15) is 4.79 Å². The molecule has 2 rings (SSSR count). The Balaban J connectivity index is 2.29. The Labute approximate surface area is 120 Å². The van der Waals surface area contributed by atoms with Crippen LogP contribution in [0.4, 0.5) is 0 Å². The van der Waals surface area contributed by atoms with Crippen LogP contribution in [-0.4, -0.2) is 31.3 Å². The van der Waals surface area contributed by atoms with E-state index in [4.69, 9.17) is 21.4 Å². The van der Waals surface area contributed by atoms with Gasteiger partial charge in [-0.15, -0.1) is 11.3 Å². The lowest BCUT2D eigenvalue weighted by molar-refractivity contribution is 0.0955. The van der Waals surface area contributed by atoms with Crippen LogP contribution < -0.4 is 10.1 Å². The Morgan fingerprint density at radius 1 is 1.53 bits per heavy atom. The number of nitrogens with one attached hydrogen (secondary N) is 1. The lowest BCUT2D eigenvalue weighted by Crippen LogP contribution is -2.24. The second-order valence-corrected chi connectivity index (χ2v) is 5.37. The number of benzene rings is 1. The van der Waals surface area contributed by atoms with E-state index < -0.39 is 0 Å². The maximum absolute atomic E-state index is 12.0. The molecule has 0 aliphatic heterocycles. The van der Waals surface area contributed by atoms with Gasteiger partial charge in [-0.2, -0.15) is 0 Å². The molecule has 0 unspecified atom stereocenters. The van der Waals surface area contributed by atoms with E-state index in [1.54, 1.807) is 7.11 Å². The number of aliphatic hydroxyl groups is 1. The minimum absolute atomic E-state index is 0.0532. The molecule has 1 amide bonds. The molecule has 0 aliphatic carbocycles. The van der Waals surface area contributed by atoms with Crippen LogP contribution in [-0.2, 0) is 0 Å². The second-order valence-electron chi connectivity index (χ2n) is 3.94. The summed E-state index contributed by atoms with van der Waals surface area (Å²) in [6.07, 6.45) is 0.530. The van der Waals surface area contributed by atoms with Crippen molar-refractivity contribution in [3.63, 3.8) is 0 Å². The van der Waals surface area contributed by atoms with Crippen molar-refractivity contribution in [3.05, 3.63) is 28.1 Å². The molecule has 6 heteroatoms. The van der Waals surface area contributed by atoms with Crippen molar-refractivity contribution in [1.82, 2.24) is 5.32 Å². The van der Waals surface area contributed by atoms with E-state index in [0.717, 1.165) is 10.1 Å². The van der Waals surface area contributed by atoms with Crippen LogP contribution >= 0.6 is 22.9 Å². The molecule has 1 aromatic heterocycles. The van der Waals surface area contributed by atoms with E-state index >= 15 is 0 Å². The smallest absolute Gasteiger partial charge is 0.262 e. The third kappa shape index (κ3) is 3.00. The summed E-state index contributed by atoms with van der Waals surface area (Å²) in [5.74, 6) is 0.498. The monoisotopic (exact) mass is 299 g/mol. The molecule has 0 atom stereocenters. The van der Waals surface area contributed by atoms with Gasteiger partial charge in [-0.25, -0.2) is 0 Å². The summed E-state index contributed by atoms with van der Waals surface area (Å²) < 4.78 is 6.09. The summed E-state index contributed by atoms with van der Waals surface area (Å²) in [6, 6.07) is 5.54. The fraction of sp³-hybridized carbons (Fsp3) is 0.308. The number of hydrogen-bond acceptors (Lipinski definition) is 4. The molecule has 102 valence electrons. The molecule has 0 bridgehead atoms. The van der Waals surface area contributed by atoms with Gasteiger partial charge in [-0.05, 0) is 24.6 Å². The molecule has 0 radical (unpaired) electrons. The predicted octanol–water partition coefficient (Wildman–Crippen LogP) is 2.68. The Morgan fingerprint density at radius 3 is 3.00 bits per heavy atom. The maximum atomic E-state index is 12.0. The van der Waals surface area contributed by atoms with Gasteiger partial charge in [0.25, 0.3) is 5.91 Å². The minimum atomic E-state index is -0.210. The van der Waals surface area contributed by atoms with Crippen molar-refractivity contribution in [2.24, 2.45) is 0 Å². The zero-order valence-electron chi connectivity index (χ0n) is 10.4. The fourth-order valence-electron chi connectivity index (χ4n) is 1.68. The topological polar surface area (TPSA) is 58.6 Å². The highest BCUT2D eigenvalue weighted by Gasteiger charge is 2.17.